The second-order valence-electron chi connectivity index (χ2n) is 4.07. The van der Waals surface area contributed by atoms with E-state index in [1.165, 1.54) is 0 Å². The van der Waals surface area contributed by atoms with Crippen molar-refractivity contribution < 1.29 is 0 Å². The normalized spacial score (nSPS) is 10.7. The molecule has 0 atom stereocenters. The van der Waals surface area contributed by atoms with Crippen LogP contribution in [0.15, 0.2) is 41.7 Å². The molecule has 0 saturated heterocycles. The lowest BCUT2D eigenvalue weighted by Crippen LogP contribution is -2.21. The van der Waals surface area contributed by atoms with E-state index in [4.69, 9.17) is 0 Å². The Morgan fingerprint density at radius 2 is 2.26 bits per heavy atom. The Morgan fingerprint density at radius 1 is 1.42 bits per heavy atom. The lowest BCUT2D eigenvalue weighted by atomic mass is 10.2. The summed E-state index contributed by atoms with van der Waals surface area (Å²) in [5, 5.41) is 3.90. The summed E-state index contributed by atoms with van der Waals surface area (Å²) in [6, 6.07) is 7.37. The minimum atomic E-state index is -0.0802. The fourth-order valence-electron chi connectivity index (χ4n) is 1.74. The first-order chi connectivity index (χ1) is 9.31. The van der Waals surface area contributed by atoms with Crippen LogP contribution in [0.3, 0.4) is 0 Å². The molecule has 0 aliphatic heterocycles. The van der Waals surface area contributed by atoms with Gasteiger partial charge in [0.05, 0.1) is 17.4 Å². The van der Waals surface area contributed by atoms with Gasteiger partial charge in [0, 0.05) is 18.1 Å². The number of benzene rings is 1. The fourth-order valence-corrected chi connectivity index (χ4v) is 2.36. The molecule has 5 heteroatoms. The third-order valence-corrected chi connectivity index (χ3v) is 3.58. The van der Waals surface area contributed by atoms with Crippen LogP contribution >= 0.6 is 11.8 Å². The van der Waals surface area contributed by atoms with Crippen molar-refractivity contribution in [2.75, 3.05) is 18.1 Å². The Balaban J connectivity index is 1.94. The summed E-state index contributed by atoms with van der Waals surface area (Å²) in [6.07, 6.45) is 1.90. The molecule has 4 nitrogen and oxygen atoms in total. The molecule has 1 aromatic carbocycles. The number of H-pyrrole nitrogens is 1. The molecule has 2 rings (SSSR count). The highest BCUT2D eigenvalue weighted by Crippen LogP contribution is 2.05. The molecular formula is C14H17N3OS. The van der Waals surface area contributed by atoms with Gasteiger partial charge in [0.1, 0.15) is 5.82 Å². The zero-order valence-electron chi connectivity index (χ0n) is 10.7. The van der Waals surface area contributed by atoms with Crippen molar-refractivity contribution >= 4 is 22.7 Å². The predicted molar refractivity (Wildman–Crippen MR) is 81.6 cm³/mol. The molecule has 0 aliphatic rings. The lowest BCUT2D eigenvalue weighted by molar-refractivity contribution is 0.695. The van der Waals surface area contributed by atoms with E-state index < -0.39 is 0 Å². The van der Waals surface area contributed by atoms with Crippen LogP contribution < -0.4 is 10.9 Å². The summed E-state index contributed by atoms with van der Waals surface area (Å²) in [5.74, 6) is 2.66. The van der Waals surface area contributed by atoms with Gasteiger partial charge in [0.15, 0.2) is 0 Å². The van der Waals surface area contributed by atoms with Gasteiger partial charge in [-0.2, -0.15) is 11.8 Å². The van der Waals surface area contributed by atoms with E-state index in [-0.39, 0.29) is 5.56 Å². The molecule has 0 radical (unpaired) electrons. The lowest BCUT2D eigenvalue weighted by Gasteiger charge is -2.05. The second-order valence-corrected chi connectivity index (χ2v) is 5.22. The summed E-state index contributed by atoms with van der Waals surface area (Å²) in [5.41, 5.74) is 0.660. The van der Waals surface area contributed by atoms with E-state index in [1.54, 1.807) is 6.07 Å². The molecule has 1 heterocycles. The number of para-hydroxylation sites is 1. The molecule has 0 unspecified atom stereocenters. The first-order valence-electron chi connectivity index (χ1n) is 6.18. The number of aromatic amines is 1. The second kappa shape index (κ2) is 7.11. The largest absolute Gasteiger partial charge is 0.309 e. The Kier molecular flexibility index (Phi) is 5.18. The van der Waals surface area contributed by atoms with E-state index in [1.807, 2.05) is 36.0 Å². The molecule has 0 spiro atoms. The molecule has 0 aliphatic carbocycles. The van der Waals surface area contributed by atoms with E-state index >= 15 is 0 Å². The molecule has 0 fully saturated rings. The maximum absolute atomic E-state index is 11.8. The minimum absolute atomic E-state index is 0.0802. The molecule has 100 valence electrons. The predicted octanol–water partition coefficient (Wildman–Crippen LogP) is 1.93. The SMILES string of the molecule is C=CCSCCNCc1nc2ccccc2c(=O)[nH]1. The van der Waals surface area contributed by atoms with Crippen molar-refractivity contribution in [3.05, 3.63) is 53.1 Å². The van der Waals surface area contributed by atoms with Crippen molar-refractivity contribution in [1.82, 2.24) is 15.3 Å². The van der Waals surface area contributed by atoms with Crippen molar-refractivity contribution in [1.29, 1.82) is 0 Å². The quantitative estimate of drug-likeness (QED) is 0.599. The summed E-state index contributed by atoms with van der Waals surface area (Å²) in [7, 11) is 0. The highest BCUT2D eigenvalue weighted by molar-refractivity contribution is 7.99. The summed E-state index contributed by atoms with van der Waals surface area (Å²) in [6.45, 7) is 5.14. The number of nitrogens with zero attached hydrogens (tertiary/aromatic N) is 1. The first kappa shape index (κ1) is 13.8. The van der Waals surface area contributed by atoms with E-state index in [2.05, 4.69) is 21.9 Å². The molecule has 0 amide bonds. The van der Waals surface area contributed by atoms with Crippen LogP contribution in [0.4, 0.5) is 0 Å². The van der Waals surface area contributed by atoms with Gasteiger partial charge >= 0.3 is 0 Å². The maximum atomic E-state index is 11.8. The van der Waals surface area contributed by atoms with Crippen molar-refractivity contribution in [2.45, 2.75) is 6.54 Å². The van der Waals surface area contributed by atoms with Gasteiger partial charge in [-0.3, -0.25) is 4.79 Å². The molecule has 0 bridgehead atoms. The summed E-state index contributed by atoms with van der Waals surface area (Å²) in [4.78, 5) is 19.1. The molecule has 2 N–H and O–H groups in total. The molecular weight excluding hydrogens is 258 g/mol. The Bertz CT molecular complexity index is 609. The van der Waals surface area contributed by atoms with Crippen LogP contribution in [0.1, 0.15) is 5.82 Å². The average molecular weight is 275 g/mol. The zero-order chi connectivity index (χ0) is 13.5. The third-order valence-electron chi connectivity index (χ3n) is 2.61. The molecule has 0 saturated carbocycles. The van der Waals surface area contributed by atoms with Crippen LogP contribution in [0.5, 0.6) is 0 Å². The van der Waals surface area contributed by atoms with Crippen LogP contribution in [-0.4, -0.2) is 28.0 Å². The van der Waals surface area contributed by atoms with E-state index in [9.17, 15) is 4.79 Å². The van der Waals surface area contributed by atoms with Gasteiger partial charge in [0.25, 0.3) is 5.56 Å². The number of hydrogen-bond acceptors (Lipinski definition) is 4. The number of fused-ring (bicyclic) bond motifs is 1. The molecule has 2 aromatic rings. The average Bonchev–Trinajstić information content (AvgIpc) is 2.43. The minimum Gasteiger partial charge on any atom is -0.309 e. The Labute approximate surface area is 116 Å². The highest BCUT2D eigenvalue weighted by Gasteiger charge is 2.02. The van der Waals surface area contributed by atoms with Gasteiger partial charge in [-0.05, 0) is 12.1 Å². The molecule has 19 heavy (non-hydrogen) atoms. The van der Waals surface area contributed by atoms with Gasteiger partial charge < -0.3 is 10.3 Å². The van der Waals surface area contributed by atoms with Crippen molar-refractivity contribution in [2.24, 2.45) is 0 Å². The van der Waals surface area contributed by atoms with E-state index in [0.717, 1.165) is 23.6 Å². The van der Waals surface area contributed by atoms with Crippen LogP contribution in [0.2, 0.25) is 0 Å². The maximum Gasteiger partial charge on any atom is 0.258 e. The summed E-state index contributed by atoms with van der Waals surface area (Å²) < 4.78 is 0. The summed E-state index contributed by atoms with van der Waals surface area (Å²) >= 11 is 1.82. The van der Waals surface area contributed by atoms with Gasteiger partial charge in [-0.15, -0.1) is 6.58 Å². The first-order valence-corrected chi connectivity index (χ1v) is 7.34. The Hall–Kier alpha value is -1.59. The van der Waals surface area contributed by atoms with E-state index in [0.29, 0.717) is 17.8 Å². The van der Waals surface area contributed by atoms with Gasteiger partial charge in [0.2, 0.25) is 0 Å². The van der Waals surface area contributed by atoms with Crippen LogP contribution in [-0.2, 0) is 6.54 Å². The van der Waals surface area contributed by atoms with Crippen LogP contribution in [0, 0.1) is 0 Å². The van der Waals surface area contributed by atoms with Gasteiger partial charge in [-0.1, -0.05) is 18.2 Å². The number of thioether (sulfide) groups is 1. The fraction of sp³-hybridized carbons (Fsp3) is 0.286. The Morgan fingerprint density at radius 3 is 3.11 bits per heavy atom. The van der Waals surface area contributed by atoms with Crippen molar-refractivity contribution in [3.63, 3.8) is 0 Å². The van der Waals surface area contributed by atoms with Crippen molar-refractivity contribution in [3.8, 4) is 0 Å². The monoisotopic (exact) mass is 275 g/mol. The number of rotatable bonds is 7. The third kappa shape index (κ3) is 3.94. The number of nitrogens with one attached hydrogen (secondary N) is 2. The van der Waals surface area contributed by atoms with Gasteiger partial charge in [-0.25, -0.2) is 4.98 Å². The number of aromatic nitrogens is 2. The topological polar surface area (TPSA) is 57.8 Å². The van der Waals surface area contributed by atoms with Crippen LogP contribution in [0.25, 0.3) is 10.9 Å². The zero-order valence-corrected chi connectivity index (χ0v) is 11.5. The standard InChI is InChI=1S/C14H17N3OS/c1-2-8-19-9-7-15-10-13-16-12-6-4-3-5-11(12)14(18)17-13/h2-6,15H,1,7-10H2,(H,16,17,18). The smallest absolute Gasteiger partial charge is 0.258 e. The number of hydrogen-bond donors (Lipinski definition) is 2. The highest BCUT2D eigenvalue weighted by atomic mass is 32.2. The molecule has 1 aromatic heterocycles.